The van der Waals surface area contributed by atoms with E-state index < -0.39 is 4.65 Å². The highest BCUT2D eigenvalue weighted by Crippen LogP contribution is 2.07. The van der Waals surface area contributed by atoms with E-state index in [1.54, 1.807) is 0 Å². The molecule has 0 aliphatic heterocycles. The smallest absolute Gasteiger partial charge is 0.253 e. The van der Waals surface area contributed by atoms with Crippen molar-refractivity contribution in [3.05, 3.63) is 0 Å². The van der Waals surface area contributed by atoms with Gasteiger partial charge in [0.1, 0.15) is 0 Å². The van der Waals surface area contributed by atoms with Crippen molar-refractivity contribution in [1.82, 2.24) is 0 Å². The van der Waals surface area contributed by atoms with E-state index in [2.05, 4.69) is 45.9 Å². The number of hydrogen-bond donors (Lipinski definition) is 1. The molecule has 0 aliphatic carbocycles. The van der Waals surface area contributed by atoms with Gasteiger partial charge in [-0.15, -0.1) is 45.9 Å². The second-order valence-corrected chi connectivity index (χ2v) is 20.0. The molecule has 0 aliphatic rings. The van der Waals surface area contributed by atoms with Gasteiger partial charge in [-0.25, -0.2) is 0 Å². The molecule has 0 amide bonds. The molecule has 0 aromatic rings. The molecule has 0 saturated carbocycles. The quantitative estimate of drug-likeness (QED) is 0.531. The number of hydrogen-bond acceptors (Lipinski definition) is 1. The van der Waals surface area contributed by atoms with Crippen LogP contribution in [0.5, 0.6) is 0 Å². The van der Waals surface area contributed by atoms with Gasteiger partial charge in [0, 0.05) is 7.11 Å². The van der Waals surface area contributed by atoms with Gasteiger partial charge in [0.15, 0.2) is 0 Å². The average molecular weight is 301 g/mol. The van der Waals surface area contributed by atoms with Crippen LogP contribution in [0, 0.1) is 0 Å². The van der Waals surface area contributed by atoms with Crippen LogP contribution in [0.25, 0.3) is 0 Å². The van der Waals surface area contributed by atoms with Crippen molar-refractivity contribution in [2.45, 2.75) is 0 Å². The van der Waals surface area contributed by atoms with Gasteiger partial charge in [0.2, 0.25) is 0 Å². The fourth-order valence-corrected chi connectivity index (χ4v) is 0. The Labute approximate surface area is 62.5 Å². The van der Waals surface area contributed by atoms with Gasteiger partial charge in [-0.3, -0.25) is 0 Å². The van der Waals surface area contributed by atoms with E-state index in [4.69, 9.17) is 5.11 Å². The maximum atomic E-state index is 7.00. The van der Waals surface area contributed by atoms with Crippen LogP contribution in [-0.4, -0.2) is 16.9 Å². The van der Waals surface area contributed by atoms with E-state index in [-0.39, 0.29) is 0 Å². The molecule has 0 saturated heterocycles. The third-order valence-corrected chi connectivity index (χ3v) is 0. The first-order chi connectivity index (χ1) is 2.73. The lowest BCUT2D eigenvalue weighted by Gasteiger charge is -1.66. The van der Waals surface area contributed by atoms with Gasteiger partial charge in [-0.1, -0.05) is 0 Å². The van der Waals surface area contributed by atoms with Crippen LogP contribution in [0.3, 0.4) is 0 Å². The number of aliphatic hydroxyl groups is 1. The Hall–Kier alpha value is 1.62. The van der Waals surface area contributed by atoms with Crippen molar-refractivity contribution in [3.8, 4) is 0 Å². The molecule has 0 radical (unpaired) electrons. The third kappa shape index (κ3) is 45.8. The molecule has 0 rings (SSSR count). The first-order valence-electron chi connectivity index (χ1n) is 1.10. The largest absolute Gasteiger partial charge is 0.400 e. The van der Waals surface area contributed by atoms with Crippen LogP contribution < -0.4 is 0 Å². The van der Waals surface area contributed by atoms with Crippen molar-refractivity contribution in [3.63, 3.8) is 0 Å². The molecule has 1 N–H and O–H groups in total. The van der Waals surface area contributed by atoms with Gasteiger partial charge in [-0.2, -0.15) is 0 Å². The monoisotopic (exact) mass is 298 g/mol. The van der Waals surface area contributed by atoms with Gasteiger partial charge >= 0.3 is 0 Å². The zero-order chi connectivity index (χ0) is 5.58. The zero-order valence-corrected chi connectivity index (χ0v) is 9.07. The Kier molecular flexibility index (Phi) is 17.3. The molecule has 0 heterocycles. The van der Waals surface area contributed by atoms with E-state index in [1.807, 2.05) is 0 Å². The second-order valence-electron chi connectivity index (χ2n) is 0.247. The first kappa shape index (κ1) is 10.6. The molecule has 0 aromatic carbocycles. The molecule has 1 nitrogen and oxygen atoms in total. The molecule has 0 atom stereocenters. The highest BCUT2D eigenvalue weighted by atomic mass is 80.0. The van der Waals surface area contributed by atoms with Crippen LogP contribution in [-0.2, 0) is 0 Å². The summed E-state index contributed by atoms with van der Waals surface area (Å²) in [5, 5.41) is 7.00. The van der Waals surface area contributed by atoms with E-state index in [1.165, 1.54) is 0 Å². The van der Waals surface area contributed by atoms with E-state index in [0.29, 0.717) is 0 Å². The summed E-state index contributed by atoms with van der Waals surface area (Å²) in [4.78, 5) is 0. The Morgan fingerprint density at radius 1 is 1.17 bits per heavy atom. The number of halogens is 3. The first-order valence-corrected chi connectivity index (χ1v) is 10.7. The highest BCUT2D eigenvalue weighted by molar-refractivity contribution is 9.69. The van der Waals surface area contributed by atoms with Gasteiger partial charge < -0.3 is 5.11 Å². The Morgan fingerprint density at radius 3 is 1.17 bits per heavy atom. The lowest BCUT2D eigenvalue weighted by Crippen LogP contribution is -1.60. The van der Waals surface area contributed by atoms with Crippen LogP contribution >= 0.6 is 45.9 Å². The van der Waals surface area contributed by atoms with Crippen LogP contribution in [0.15, 0.2) is 0 Å². The SMILES string of the molecule is Br[SiH](Br)Br.CO. The molecular formula is CH5Br3OSi. The minimum Gasteiger partial charge on any atom is -0.400 e. The van der Waals surface area contributed by atoms with Gasteiger partial charge in [0.05, 0.1) is 0 Å². The third-order valence-electron chi connectivity index (χ3n) is 0. The van der Waals surface area contributed by atoms with Crippen LogP contribution in [0.4, 0.5) is 0 Å². The Morgan fingerprint density at radius 2 is 1.17 bits per heavy atom. The average Bonchev–Trinajstić information content (AvgIpc) is 1.41. The highest BCUT2D eigenvalue weighted by Gasteiger charge is 1.82. The van der Waals surface area contributed by atoms with E-state index >= 15 is 0 Å². The second kappa shape index (κ2) is 9.79. The molecule has 0 unspecified atom stereocenters. The summed E-state index contributed by atoms with van der Waals surface area (Å²) in [7, 11) is 1.00. The molecule has 0 aromatic heterocycles. The standard InChI is InChI=1S/CH4O.Br3HSi/c1-2;1-4(2)3/h2H,1H3;4H. The van der Waals surface area contributed by atoms with Crippen LogP contribution in [0.1, 0.15) is 0 Å². The summed E-state index contributed by atoms with van der Waals surface area (Å²) in [6, 6.07) is 0. The summed E-state index contributed by atoms with van der Waals surface area (Å²) in [5.41, 5.74) is 0. The van der Waals surface area contributed by atoms with Gasteiger partial charge in [0.25, 0.3) is 4.65 Å². The predicted molar refractivity (Wildman–Crippen MR) is 42.1 cm³/mol. The summed E-state index contributed by atoms with van der Waals surface area (Å²) in [6.07, 6.45) is 0. The lowest BCUT2D eigenvalue weighted by atomic mass is 11.8. The normalized spacial score (nSPS) is 7.00. The topological polar surface area (TPSA) is 20.2 Å². The summed E-state index contributed by atoms with van der Waals surface area (Å²) < 4.78 is -0.701. The summed E-state index contributed by atoms with van der Waals surface area (Å²) >= 11 is 9.73. The van der Waals surface area contributed by atoms with Crippen molar-refractivity contribution < 1.29 is 5.11 Å². The Bertz CT molecular complexity index is 15.5. The van der Waals surface area contributed by atoms with Crippen molar-refractivity contribution >= 4 is 50.5 Å². The molecule has 6 heavy (non-hydrogen) atoms. The zero-order valence-electron chi connectivity index (χ0n) is 3.16. The van der Waals surface area contributed by atoms with E-state index in [9.17, 15) is 0 Å². The fraction of sp³-hybridized carbons (Fsp3) is 1.00. The molecule has 0 fully saturated rings. The molecular weight excluding hydrogens is 296 g/mol. The summed E-state index contributed by atoms with van der Waals surface area (Å²) in [6.45, 7) is 0. The maximum absolute atomic E-state index is 7.00. The van der Waals surface area contributed by atoms with Crippen LogP contribution in [0.2, 0.25) is 0 Å². The molecule has 0 bridgehead atoms. The minimum atomic E-state index is -0.701. The fourth-order valence-electron chi connectivity index (χ4n) is 0. The molecule has 40 valence electrons. The van der Waals surface area contributed by atoms with Gasteiger partial charge in [-0.05, 0) is 0 Å². The maximum Gasteiger partial charge on any atom is 0.253 e. The number of rotatable bonds is 0. The van der Waals surface area contributed by atoms with Crippen molar-refractivity contribution in [2.75, 3.05) is 7.11 Å². The molecule has 5 heteroatoms. The number of aliphatic hydroxyl groups excluding tert-OH is 1. The lowest BCUT2D eigenvalue weighted by molar-refractivity contribution is 0.399. The van der Waals surface area contributed by atoms with Crippen molar-refractivity contribution in [2.24, 2.45) is 0 Å². The predicted octanol–water partition coefficient (Wildman–Crippen LogP) is 1.50. The van der Waals surface area contributed by atoms with Crippen molar-refractivity contribution in [1.29, 1.82) is 0 Å². The molecule has 0 spiro atoms. The Balaban J connectivity index is 0. The minimum absolute atomic E-state index is 0.701. The summed E-state index contributed by atoms with van der Waals surface area (Å²) in [5.74, 6) is 0. The van der Waals surface area contributed by atoms with E-state index in [0.717, 1.165) is 7.11 Å².